The van der Waals surface area contributed by atoms with Gasteiger partial charge in [-0.1, -0.05) is 32.4 Å². The molecule has 0 bridgehead atoms. The molecule has 3 nitrogen and oxygen atoms in total. The second-order valence-electron chi connectivity index (χ2n) is 4.68. The molecule has 19 heavy (non-hydrogen) atoms. The van der Waals surface area contributed by atoms with Crippen molar-refractivity contribution in [3.8, 4) is 10.6 Å². The highest BCUT2D eigenvalue weighted by Gasteiger charge is 2.12. The zero-order chi connectivity index (χ0) is 13.8. The van der Waals surface area contributed by atoms with Gasteiger partial charge in [-0.2, -0.15) is 0 Å². The maximum atomic E-state index is 6.19. The molecule has 0 fully saturated rings. The average molecular weight is 296 g/mol. The summed E-state index contributed by atoms with van der Waals surface area (Å²) in [6.07, 6.45) is 1.07. The van der Waals surface area contributed by atoms with Gasteiger partial charge in [-0.3, -0.25) is 0 Å². The summed E-state index contributed by atoms with van der Waals surface area (Å²) < 4.78 is 0. The molecule has 0 unspecified atom stereocenters. The second-order valence-corrected chi connectivity index (χ2v) is 6.00. The van der Waals surface area contributed by atoms with Gasteiger partial charge in [0, 0.05) is 18.5 Å². The Labute approximate surface area is 123 Å². The van der Waals surface area contributed by atoms with E-state index in [4.69, 9.17) is 11.6 Å². The van der Waals surface area contributed by atoms with E-state index in [2.05, 4.69) is 36.1 Å². The molecule has 2 rings (SSSR count). The fraction of sp³-hybridized carbons (Fsp3) is 0.429. The number of nitrogens with zero attached hydrogens (tertiary/aromatic N) is 2. The highest BCUT2D eigenvalue weighted by molar-refractivity contribution is 7.14. The Kier molecular flexibility index (Phi) is 4.77. The van der Waals surface area contributed by atoms with Gasteiger partial charge in [-0.25, -0.2) is 9.97 Å². The van der Waals surface area contributed by atoms with Crippen LogP contribution in [-0.4, -0.2) is 16.5 Å². The average Bonchev–Trinajstić information content (AvgIpc) is 2.82. The maximum Gasteiger partial charge on any atom is 0.133 e. The summed E-state index contributed by atoms with van der Waals surface area (Å²) in [7, 11) is 0. The van der Waals surface area contributed by atoms with Crippen molar-refractivity contribution in [1.82, 2.24) is 9.97 Å². The molecule has 0 amide bonds. The summed E-state index contributed by atoms with van der Waals surface area (Å²) in [5.41, 5.74) is 0.900. The SMILES string of the molecule is CCCNc1cc(-c2sccc2Cl)nc(C(C)C)n1. The molecule has 0 saturated heterocycles. The third-order valence-corrected chi connectivity index (χ3v) is 4.03. The molecule has 2 aromatic rings. The van der Waals surface area contributed by atoms with Gasteiger partial charge in [0.2, 0.25) is 0 Å². The molecule has 102 valence electrons. The van der Waals surface area contributed by atoms with Crippen LogP contribution in [0.3, 0.4) is 0 Å². The predicted octanol–water partition coefficient (Wildman–Crippen LogP) is 4.80. The van der Waals surface area contributed by atoms with Crippen LogP contribution in [0.15, 0.2) is 17.5 Å². The van der Waals surface area contributed by atoms with Crippen LogP contribution >= 0.6 is 22.9 Å². The molecule has 0 aliphatic heterocycles. The van der Waals surface area contributed by atoms with Crippen molar-refractivity contribution in [1.29, 1.82) is 0 Å². The number of nitrogens with one attached hydrogen (secondary N) is 1. The Morgan fingerprint density at radius 1 is 1.37 bits per heavy atom. The minimum atomic E-state index is 0.292. The minimum Gasteiger partial charge on any atom is -0.370 e. The number of halogens is 1. The number of thiophene rings is 1. The molecule has 0 atom stereocenters. The van der Waals surface area contributed by atoms with Crippen LogP contribution in [0.4, 0.5) is 5.82 Å². The van der Waals surface area contributed by atoms with Crippen LogP contribution in [-0.2, 0) is 0 Å². The zero-order valence-electron chi connectivity index (χ0n) is 11.4. The van der Waals surface area contributed by atoms with Crippen LogP contribution in [0.5, 0.6) is 0 Å². The van der Waals surface area contributed by atoms with Crippen molar-refractivity contribution in [2.24, 2.45) is 0 Å². The molecule has 0 aliphatic carbocycles. The molecular formula is C14H18ClN3S. The summed E-state index contributed by atoms with van der Waals surface area (Å²) >= 11 is 7.80. The first-order valence-electron chi connectivity index (χ1n) is 6.48. The molecule has 5 heteroatoms. The Morgan fingerprint density at radius 2 is 2.16 bits per heavy atom. The van der Waals surface area contributed by atoms with Gasteiger partial charge in [-0.05, 0) is 17.9 Å². The smallest absolute Gasteiger partial charge is 0.133 e. The minimum absolute atomic E-state index is 0.292. The molecule has 0 aromatic carbocycles. The molecule has 0 aliphatic rings. The topological polar surface area (TPSA) is 37.8 Å². The number of anilines is 1. The number of hydrogen-bond donors (Lipinski definition) is 1. The second kappa shape index (κ2) is 6.35. The van der Waals surface area contributed by atoms with E-state index in [0.717, 1.165) is 40.2 Å². The third-order valence-electron chi connectivity index (χ3n) is 2.67. The van der Waals surface area contributed by atoms with E-state index in [1.54, 1.807) is 11.3 Å². The first-order valence-corrected chi connectivity index (χ1v) is 7.73. The summed E-state index contributed by atoms with van der Waals surface area (Å²) in [6.45, 7) is 7.23. The van der Waals surface area contributed by atoms with Gasteiger partial charge >= 0.3 is 0 Å². The summed E-state index contributed by atoms with van der Waals surface area (Å²) in [6, 6.07) is 3.87. The predicted molar refractivity (Wildman–Crippen MR) is 83.2 cm³/mol. The van der Waals surface area contributed by atoms with Crippen molar-refractivity contribution < 1.29 is 0 Å². The van der Waals surface area contributed by atoms with Gasteiger partial charge in [0.1, 0.15) is 11.6 Å². The molecular weight excluding hydrogens is 278 g/mol. The van der Waals surface area contributed by atoms with Gasteiger partial charge < -0.3 is 5.32 Å². The zero-order valence-corrected chi connectivity index (χ0v) is 13.0. The number of hydrogen-bond acceptors (Lipinski definition) is 4. The van der Waals surface area contributed by atoms with Crippen molar-refractivity contribution >= 4 is 28.8 Å². The van der Waals surface area contributed by atoms with Gasteiger partial charge in [0.15, 0.2) is 0 Å². The summed E-state index contributed by atoms with van der Waals surface area (Å²) in [5, 5.41) is 6.05. The largest absolute Gasteiger partial charge is 0.370 e. The lowest BCUT2D eigenvalue weighted by Gasteiger charge is -2.11. The quantitative estimate of drug-likeness (QED) is 0.860. The highest BCUT2D eigenvalue weighted by Crippen LogP contribution is 2.33. The van der Waals surface area contributed by atoms with E-state index in [9.17, 15) is 0 Å². The van der Waals surface area contributed by atoms with E-state index in [1.807, 2.05) is 17.5 Å². The molecule has 0 radical (unpaired) electrons. The first kappa shape index (κ1) is 14.3. The Morgan fingerprint density at radius 3 is 2.74 bits per heavy atom. The van der Waals surface area contributed by atoms with E-state index in [-0.39, 0.29) is 0 Å². The fourth-order valence-electron chi connectivity index (χ4n) is 1.66. The third kappa shape index (κ3) is 3.45. The standard InChI is InChI=1S/C14H18ClN3S/c1-4-6-16-12-8-11(13-10(15)5-7-19-13)17-14(18-12)9(2)3/h5,7-9H,4,6H2,1-3H3,(H,16,17,18). The normalized spacial score (nSPS) is 11.0. The van der Waals surface area contributed by atoms with Crippen molar-refractivity contribution in [3.63, 3.8) is 0 Å². The van der Waals surface area contributed by atoms with E-state index in [1.165, 1.54) is 0 Å². The summed E-state index contributed by atoms with van der Waals surface area (Å²) in [4.78, 5) is 10.2. The van der Waals surface area contributed by atoms with Crippen molar-refractivity contribution in [2.45, 2.75) is 33.1 Å². The molecule has 1 N–H and O–H groups in total. The van der Waals surface area contributed by atoms with Crippen LogP contribution in [0.25, 0.3) is 10.6 Å². The molecule has 2 aromatic heterocycles. The maximum absolute atomic E-state index is 6.19. The van der Waals surface area contributed by atoms with Crippen LogP contribution < -0.4 is 5.32 Å². The molecule has 0 saturated carbocycles. The fourth-order valence-corrected chi connectivity index (χ4v) is 2.77. The molecule has 2 heterocycles. The lowest BCUT2D eigenvalue weighted by molar-refractivity contribution is 0.776. The monoisotopic (exact) mass is 295 g/mol. The number of aromatic nitrogens is 2. The first-order chi connectivity index (χ1) is 9.11. The number of rotatable bonds is 5. The van der Waals surface area contributed by atoms with Crippen molar-refractivity contribution in [3.05, 3.63) is 28.4 Å². The van der Waals surface area contributed by atoms with E-state index in [0.29, 0.717) is 5.92 Å². The van der Waals surface area contributed by atoms with Crippen LogP contribution in [0, 0.1) is 0 Å². The summed E-state index contributed by atoms with van der Waals surface area (Å²) in [5.74, 6) is 2.02. The lowest BCUT2D eigenvalue weighted by atomic mass is 10.2. The Bertz CT molecular complexity index is 551. The Balaban J connectivity index is 2.42. The van der Waals surface area contributed by atoms with Gasteiger partial charge in [-0.15, -0.1) is 11.3 Å². The van der Waals surface area contributed by atoms with Gasteiger partial charge in [0.25, 0.3) is 0 Å². The van der Waals surface area contributed by atoms with E-state index >= 15 is 0 Å². The Hall–Kier alpha value is -1.13. The lowest BCUT2D eigenvalue weighted by Crippen LogP contribution is -2.06. The van der Waals surface area contributed by atoms with E-state index < -0.39 is 0 Å². The molecule has 0 spiro atoms. The highest BCUT2D eigenvalue weighted by atomic mass is 35.5. The van der Waals surface area contributed by atoms with Crippen molar-refractivity contribution in [2.75, 3.05) is 11.9 Å². The van der Waals surface area contributed by atoms with Crippen LogP contribution in [0.1, 0.15) is 38.9 Å². The van der Waals surface area contributed by atoms with Gasteiger partial charge in [0.05, 0.1) is 15.6 Å². The van der Waals surface area contributed by atoms with Crippen LogP contribution in [0.2, 0.25) is 5.02 Å².